The molecule has 0 saturated carbocycles. The molecule has 0 atom stereocenters. The number of anilines is 1. The molecule has 2 aromatic carbocycles. The Labute approximate surface area is 207 Å². The van der Waals surface area contributed by atoms with E-state index in [1.54, 1.807) is 0 Å². The number of carbonyl (C=O) groups is 1. The summed E-state index contributed by atoms with van der Waals surface area (Å²) in [5.74, 6) is -0.420. The molecule has 0 fully saturated rings. The highest BCUT2D eigenvalue weighted by Gasteiger charge is 2.19. The average Bonchev–Trinajstić information content (AvgIpc) is 3.14. The summed E-state index contributed by atoms with van der Waals surface area (Å²) in [5.41, 5.74) is 4.25. The van der Waals surface area contributed by atoms with Crippen molar-refractivity contribution in [2.24, 2.45) is 0 Å². The molecular weight excluding hydrogens is 484 g/mol. The van der Waals surface area contributed by atoms with E-state index >= 15 is 0 Å². The highest BCUT2D eigenvalue weighted by molar-refractivity contribution is 7.89. The number of thiophene rings is 1. The van der Waals surface area contributed by atoms with Crippen molar-refractivity contribution in [3.05, 3.63) is 75.1 Å². The Kier molecular flexibility index (Phi) is 6.63. The van der Waals surface area contributed by atoms with Gasteiger partial charge in [-0.3, -0.25) is 14.2 Å². The Morgan fingerprint density at radius 1 is 1.06 bits per heavy atom. The van der Waals surface area contributed by atoms with Crippen LogP contribution in [0.3, 0.4) is 0 Å². The van der Waals surface area contributed by atoms with Crippen LogP contribution in [0.1, 0.15) is 16.0 Å². The van der Waals surface area contributed by atoms with E-state index in [-0.39, 0.29) is 17.0 Å². The highest BCUT2D eigenvalue weighted by atomic mass is 32.2. The minimum absolute atomic E-state index is 0.123. The van der Waals surface area contributed by atoms with Crippen molar-refractivity contribution in [3.8, 4) is 11.1 Å². The molecule has 0 aliphatic rings. The highest BCUT2D eigenvalue weighted by Crippen LogP contribution is 2.36. The first-order valence-electron chi connectivity index (χ1n) is 10.9. The molecule has 2 aromatic heterocycles. The maximum absolute atomic E-state index is 13.4. The van der Waals surface area contributed by atoms with E-state index in [1.807, 2.05) is 32.9 Å². The van der Waals surface area contributed by atoms with Gasteiger partial charge in [0.1, 0.15) is 11.4 Å². The molecule has 0 spiro atoms. The molecule has 0 radical (unpaired) electrons. The van der Waals surface area contributed by atoms with Crippen molar-refractivity contribution in [1.29, 1.82) is 0 Å². The minimum atomic E-state index is -3.56. The van der Waals surface area contributed by atoms with Gasteiger partial charge >= 0.3 is 0 Å². The quantitative estimate of drug-likeness (QED) is 0.423. The Bertz CT molecular complexity index is 1600. The number of hydrogen-bond acceptors (Lipinski definition) is 6. The van der Waals surface area contributed by atoms with Crippen LogP contribution in [0, 0.1) is 20.8 Å². The van der Waals surface area contributed by atoms with Gasteiger partial charge in [-0.1, -0.05) is 18.2 Å². The van der Waals surface area contributed by atoms with E-state index in [9.17, 15) is 18.0 Å². The second-order valence-corrected chi connectivity index (χ2v) is 11.9. The van der Waals surface area contributed by atoms with Crippen LogP contribution in [0.2, 0.25) is 0 Å². The van der Waals surface area contributed by atoms with Gasteiger partial charge < -0.3 is 5.32 Å². The van der Waals surface area contributed by atoms with E-state index in [1.165, 1.54) is 66.2 Å². The van der Waals surface area contributed by atoms with E-state index in [4.69, 9.17) is 0 Å². The van der Waals surface area contributed by atoms with Gasteiger partial charge in [0, 0.05) is 30.2 Å². The van der Waals surface area contributed by atoms with Gasteiger partial charge in [-0.05, 0) is 61.7 Å². The lowest BCUT2D eigenvalue weighted by Gasteiger charge is -2.12. The zero-order valence-corrected chi connectivity index (χ0v) is 21.8. The van der Waals surface area contributed by atoms with Crippen LogP contribution in [-0.2, 0) is 21.4 Å². The van der Waals surface area contributed by atoms with Crippen molar-refractivity contribution in [3.63, 3.8) is 0 Å². The van der Waals surface area contributed by atoms with E-state index in [0.717, 1.165) is 25.9 Å². The number of fused-ring (bicyclic) bond motifs is 1. The van der Waals surface area contributed by atoms with Crippen LogP contribution in [0.25, 0.3) is 21.3 Å². The van der Waals surface area contributed by atoms with E-state index < -0.39 is 15.9 Å². The number of aromatic nitrogens is 2. The lowest BCUT2D eigenvalue weighted by Crippen LogP contribution is -2.28. The zero-order chi connectivity index (χ0) is 25.5. The monoisotopic (exact) mass is 510 g/mol. The second kappa shape index (κ2) is 9.37. The predicted molar refractivity (Wildman–Crippen MR) is 139 cm³/mol. The first-order valence-corrected chi connectivity index (χ1v) is 13.1. The van der Waals surface area contributed by atoms with Gasteiger partial charge in [0.2, 0.25) is 15.9 Å². The molecule has 0 bridgehead atoms. The minimum Gasteiger partial charge on any atom is -0.325 e. The molecule has 2 heterocycles. The second-order valence-electron chi connectivity index (χ2n) is 8.55. The lowest BCUT2D eigenvalue weighted by atomic mass is 9.99. The maximum atomic E-state index is 13.4. The van der Waals surface area contributed by atoms with Crippen molar-refractivity contribution in [2.75, 3.05) is 19.4 Å². The van der Waals surface area contributed by atoms with Gasteiger partial charge in [0.15, 0.2) is 0 Å². The van der Waals surface area contributed by atoms with Gasteiger partial charge in [0.05, 0.1) is 16.6 Å². The molecule has 10 heteroatoms. The fourth-order valence-corrected chi connectivity index (χ4v) is 5.68. The summed E-state index contributed by atoms with van der Waals surface area (Å²) in [6.45, 7) is 5.82. The predicted octanol–water partition coefficient (Wildman–Crippen LogP) is 3.94. The number of carbonyl (C=O) groups excluding carboxylic acids is 1. The van der Waals surface area contributed by atoms with Crippen LogP contribution < -0.4 is 10.9 Å². The number of aryl methyl sites for hydroxylation is 3. The summed E-state index contributed by atoms with van der Waals surface area (Å²) in [7, 11) is -0.655. The van der Waals surface area contributed by atoms with Crippen LogP contribution in [0.4, 0.5) is 5.69 Å². The zero-order valence-electron chi connectivity index (χ0n) is 20.1. The molecule has 182 valence electrons. The fourth-order valence-electron chi connectivity index (χ4n) is 3.77. The first kappa shape index (κ1) is 24.8. The normalized spacial score (nSPS) is 11.8. The summed E-state index contributed by atoms with van der Waals surface area (Å²) in [6.07, 6.45) is 1.39. The number of benzene rings is 2. The number of nitrogens with one attached hydrogen (secondary N) is 1. The van der Waals surface area contributed by atoms with Gasteiger partial charge in [0.25, 0.3) is 5.56 Å². The standard InChI is InChI=1S/C25H26N4O4S2/c1-15-6-7-18(12-16(15)2)22-17(3)34-24-23(22)25(31)29(14-26-24)13-21(30)27-19-8-10-20(11-9-19)35(32,33)28(4)5/h6-12,14H,13H2,1-5H3,(H,27,30). The molecule has 4 aromatic rings. The molecule has 0 saturated heterocycles. The Morgan fingerprint density at radius 2 is 1.74 bits per heavy atom. The van der Waals surface area contributed by atoms with Crippen LogP contribution >= 0.6 is 11.3 Å². The summed E-state index contributed by atoms with van der Waals surface area (Å²) in [5, 5.41) is 3.21. The largest absolute Gasteiger partial charge is 0.325 e. The Balaban J connectivity index is 1.61. The summed E-state index contributed by atoms with van der Waals surface area (Å²) < 4.78 is 26.8. The SMILES string of the molecule is Cc1ccc(-c2c(C)sc3ncn(CC(=O)Nc4ccc(S(=O)(=O)N(C)C)cc4)c(=O)c23)cc1C. The van der Waals surface area contributed by atoms with Crippen LogP contribution in [-0.4, -0.2) is 42.3 Å². The van der Waals surface area contributed by atoms with E-state index in [0.29, 0.717) is 15.9 Å². The molecule has 1 N–H and O–H groups in total. The van der Waals surface area contributed by atoms with Crippen molar-refractivity contribution in [1.82, 2.24) is 13.9 Å². The Hall–Kier alpha value is -3.34. The van der Waals surface area contributed by atoms with E-state index in [2.05, 4.69) is 16.4 Å². The van der Waals surface area contributed by atoms with Gasteiger partial charge in [-0.25, -0.2) is 17.7 Å². The molecule has 8 nitrogen and oxygen atoms in total. The third-order valence-electron chi connectivity index (χ3n) is 5.88. The maximum Gasteiger partial charge on any atom is 0.263 e. The van der Waals surface area contributed by atoms with Crippen LogP contribution in [0.5, 0.6) is 0 Å². The first-order chi connectivity index (χ1) is 16.5. The summed E-state index contributed by atoms with van der Waals surface area (Å²) >= 11 is 1.46. The molecular formula is C25H26N4O4S2. The third kappa shape index (κ3) is 4.77. The molecule has 0 aliphatic carbocycles. The molecule has 0 aliphatic heterocycles. The number of hydrogen-bond donors (Lipinski definition) is 1. The molecule has 0 unspecified atom stereocenters. The number of nitrogens with zero attached hydrogens (tertiary/aromatic N) is 3. The third-order valence-corrected chi connectivity index (χ3v) is 8.72. The number of amides is 1. The Morgan fingerprint density at radius 3 is 2.37 bits per heavy atom. The molecule has 1 amide bonds. The van der Waals surface area contributed by atoms with Crippen molar-refractivity contribution >= 4 is 43.2 Å². The topological polar surface area (TPSA) is 101 Å². The summed E-state index contributed by atoms with van der Waals surface area (Å²) in [6, 6.07) is 12.0. The molecule has 4 rings (SSSR count). The van der Waals surface area contributed by atoms with Gasteiger partial charge in [-0.2, -0.15) is 0 Å². The lowest BCUT2D eigenvalue weighted by molar-refractivity contribution is -0.116. The summed E-state index contributed by atoms with van der Waals surface area (Å²) in [4.78, 5) is 32.2. The average molecular weight is 511 g/mol. The van der Waals surface area contributed by atoms with Gasteiger partial charge in [-0.15, -0.1) is 11.3 Å². The number of sulfonamides is 1. The van der Waals surface area contributed by atoms with Crippen molar-refractivity contribution in [2.45, 2.75) is 32.2 Å². The van der Waals surface area contributed by atoms with Crippen LogP contribution in [0.15, 0.2) is 58.5 Å². The molecule has 35 heavy (non-hydrogen) atoms. The fraction of sp³-hybridized carbons (Fsp3) is 0.240. The smallest absolute Gasteiger partial charge is 0.263 e. The number of rotatable bonds is 6. The van der Waals surface area contributed by atoms with Crippen molar-refractivity contribution < 1.29 is 13.2 Å².